The highest BCUT2D eigenvalue weighted by molar-refractivity contribution is 5.72. The average molecular weight is 237 g/mol. The third kappa shape index (κ3) is 5.10. The number of ether oxygens (including phenoxy) is 2. The molecule has 1 aromatic rings. The van der Waals surface area contributed by atoms with E-state index in [0.717, 1.165) is 17.5 Å². The normalized spacial score (nSPS) is 9.76. The van der Waals surface area contributed by atoms with E-state index in [1.807, 2.05) is 13.0 Å². The minimum Gasteiger partial charge on any atom is -0.428 e. The molecule has 1 rings (SSSR count). The number of nitrogens with zero attached hydrogens (tertiary/aromatic N) is 1. The largest absolute Gasteiger partial charge is 0.428 e. The Bertz CT molecular complexity index is 403. The van der Waals surface area contributed by atoms with Crippen LogP contribution in [0, 0.1) is 0 Å². The highest BCUT2D eigenvalue weighted by atomic mass is 16.7. The second-order valence-corrected chi connectivity index (χ2v) is 3.50. The number of carbonyl (C=O) groups excluding carboxylic acids is 2. The highest BCUT2D eigenvalue weighted by Crippen LogP contribution is 2.05. The molecule has 0 amide bonds. The third-order valence-corrected chi connectivity index (χ3v) is 2.09. The summed E-state index contributed by atoms with van der Waals surface area (Å²) in [6.45, 7) is 2.93. The first-order valence-electron chi connectivity index (χ1n) is 5.33. The van der Waals surface area contributed by atoms with Crippen molar-refractivity contribution in [2.24, 2.45) is 0 Å². The molecule has 5 heteroatoms. The molecule has 0 saturated heterocycles. The molecule has 0 N–H and O–H groups in total. The lowest BCUT2D eigenvalue weighted by atomic mass is 10.1. The highest BCUT2D eigenvalue weighted by Gasteiger charge is 2.06. The summed E-state index contributed by atoms with van der Waals surface area (Å²) in [4.78, 5) is 25.8. The van der Waals surface area contributed by atoms with Crippen molar-refractivity contribution in [1.82, 2.24) is 4.98 Å². The molecule has 0 atom stereocenters. The van der Waals surface area contributed by atoms with Gasteiger partial charge < -0.3 is 9.47 Å². The molecule has 0 spiro atoms. The van der Waals surface area contributed by atoms with Crippen LogP contribution in [-0.4, -0.2) is 23.7 Å². The molecular formula is C12H15NO4. The molecule has 0 saturated carbocycles. The van der Waals surface area contributed by atoms with Crippen LogP contribution in [0.4, 0.5) is 0 Å². The summed E-state index contributed by atoms with van der Waals surface area (Å²) >= 11 is 0. The molecule has 1 heterocycles. The lowest BCUT2D eigenvalue weighted by Gasteiger charge is -2.05. The first kappa shape index (κ1) is 13.2. The van der Waals surface area contributed by atoms with Crippen LogP contribution in [-0.2, 0) is 31.9 Å². The van der Waals surface area contributed by atoms with Gasteiger partial charge in [0.05, 0.1) is 6.42 Å². The zero-order chi connectivity index (χ0) is 12.7. The second kappa shape index (κ2) is 6.62. The van der Waals surface area contributed by atoms with E-state index in [2.05, 4.69) is 9.72 Å². The van der Waals surface area contributed by atoms with Gasteiger partial charge in [0.25, 0.3) is 0 Å². The van der Waals surface area contributed by atoms with Gasteiger partial charge >= 0.3 is 11.9 Å². The number of aryl methyl sites for hydroxylation is 1. The molecule has 1 aromatic heterocycles. The van der Waals surface area contributed by atoms with Gasteiger partial charge in [-0.25, -0.2) is 0 Å². The van der Waals surface area contributed by atoms with Gasteiger partial charge in [-0.1, -0.05) is 13.0 Å². The molecule has 0 aliphatic carbocycles. The van der Waals surface area contributed by atoms with Gasteiger partial charge in [0.2, 0.25) is 6.79 Å². The van der Waals surface area contributed by atoms with E-state index in [9.17, 15) is 9.59 Å². The van der Waals surface area contributed by atoms with E-state index in [-0.39, 0.29) is 13.2 Å². The zero-order valence-electron chi connectivity index (χ0n) is 9.93. The lowest BCUT2D eigenvalue weighted by Crippen LogP contribution is -2.13. The van der Waals surface area contributed by atoms with Gasteiger partial charge in [0, 0.05) is 19.3 Å². The topological polar surface area (TPSA) is 65.5 Å². The molecule has 0 bridgehead atoms. The third-order valence-electron chi connectivity index (χ3n) is 2.09. The van der Waals surface area contributed by atoms with E-state index < -0.39 is 11.9 Å². The van der Waals surface area contributed by atoms with Crippen molar-refractivity contribution in [2.45, 2.75) is 26.7 Å². The van der Waals surface area contributed by atoms with Crippen molar-refractivity contribution in [2.75, 3.05) is 6.79 Å². The molecule has 17 heavy (non-hydrogen) atoms. The summed E-state index contributed by atoms with van der Waals surface area (Å²) < 4.78 is 9.22. The number of esters is 2. The van der Waals surface area contributed by atoms with Crippen LogP contribution in [0.5, 0.6) is 0 Å². The van der Waals surface area contributed by atoms with Crippen LogP contribution in [0.3, 0.4) is 0 Å². The van der Waals surface area contributed by atoms with Crippen LogP contribution in [0.1, 0.15) is 25.0 Å². The van der Waals surface area contributed by atoms with Crippen molar-refractivity contribution in [3.63, 3.8) is 0 Å². The fourth-order valence-electron chi connectivity index (χ4n) is 1.23. The van der Waals surface area contributed by atoms with E-state index in [0.29, 0.717) is 0 Å². The number of rotatable bonds is 5. The fourth-order valence-corrected chi connectivity index (χ4v) is 1.23. The Hall–Kier alpha value is -1.91. The Morgan fingerprint density at radius 2 is 1.94 bits per heavy atom. The van der Waals surface area contributed by atoms with Gasteiger partial charge in [0.1, 0.15) is 0 Å². The molecule has 0 fully saturated rings. The number of hydrogen-bond donors (Lipinski definition) is 0. The van der Waals surface area contributed by atoms with Crippen LogP contribution >= 0.6 is 0 Å². The Morgan fingerprint density at radius 3 is 2.59 bits per heavy atom. The minimum atomic E-state index is -0.479. The molecule has 5 nitrogen and oxygen atoms in total. The smallest absolute Gasteiger partial charge is 0.313 e. The van der Waals surface area contributed by atoms with Crippen LogP contribution in [0.25, 0.3) is 0 Å². The fraction of sp³-hybridized carbons (Fsp3) is 0.417. The maximum atomic E-state index is 11.4. The summed E-state index contributed by atoms with van der Waals surface area (Å²) in [5.74, 6) is -0.922. The molecule has 0 radical (unpaired) electrons. The van der Waals surface area contributed by atoms with Crippen molar-refractivity contribution in [1.29, 1.82) is 0 Å². The summed E-state index contributed by atoms with van der Waals surface area (Å²) in [6.07, 6.45) is 4.37. The first-order valence-corrected chi connectivity index (χ1v) is 5.33. The monoisotopic (exact) mass is 237 g/mol. The zero-order valence-corrected chi connectivity index (χ0v) is 9.93. The van der Waals surface area contributed by atoms with Crippen LogP contribution < -0.4 is 0 Å². The Morgan fingerprint density at radius 1 is 1.24 bits per heavy atom. The molecule has 92 valence electrons. The van der Waals surface area contributed by atoms with Gasteiger partial charge in [-0.15, -0.1) is 0 Å². The van der Waals surface area contributed by atoms with Crippen molar-refractivity contribution in [3.8, 4) is 0 Å². The SMILES string of the molecule is CCc1cncc(CC(=O)OCOC(C)=O)c1. The quantitative estimate of drug-likeness (QED) is 0.569. The summed E-state index contributed by atoms with van der Waals surface area (Å²) in [5, 5.41) is 0. The van der Waals surface area contributed by atoms with E-state index in [4.69, 9.17) is 4.74 Å². The minimum absolute atomic E-state index is 0.127. The standard InChI is InChI=1S/C12H15NO4/c1-3-10-4-11(7-13-6-10)5-12(15)17-8-16-9(2)14/h4,6-7H,3,5,8H2,1-2H3. The average Bonchev–Trinajstić information content (AvgIpc) is 2.28. The van der Waals surface area contributed by atoms with Crippen molar-refractivity contribution in [3.05, 3.63) is 29.6 Å². The Kier molecular flexibility index (Phi) is 5.13. The predicted molar refractivity (Wildman–Crippen MR) is 60.0 cm³/mol. The van der Waals surface area contributed by atoms with Crippen molar-refractivity contribution >= 4 is 11.9 Å². The lowest BCUT2D eigenvalue weighted by molar-refractivity contribution is -0.165. The van der Waals surface area contributed by atoms with Gasteiger partial charge in [-0.3, -0.25) is 14.6 Å². The summed E-state index contributed by atoms with van der Waals surface area (Å²) in [6, 6.07) is 1.90. The summed E-state index contributed by atoms with van der Waals surface area (Å²) in [5.41, 5.74) is 1.85. The van der Waals surface area contributed by atoms with Crippen molar-refractivity contribution < 1.29 is 19.1 Å². The molecule has 0 aliphatic rings. The molecule has 0 unspecified atom stereocenters. The molecule has 0 aliphatic heterocycles. The summed E-state index contributed by atoms with van der Waals surface area (Å²) in [7, 11) is 0. The maximum Gasteiger partial charge on any atom is 0.313 e. The number of aromatic nitrogens is 1. The Labute approximate surface area is 99.8 Å². The van der Waals surface area contributed by atoms with Gasteiger partial charge in [-0.2, -0.15) is 0 Å². The predicted octanol–water partition coefficient (Wildman–Crippen LogP) is 1.25. The molecular weight excluding hydrogens is 222 g/mol. The van der Waals surface area contributed by atoms with Crippen LogP contribution in [0.15, 0.2) is 18.5 Å². The van der Waals surface area contributed by atoms with Gasteiger partial charge in [-0.05, 0) is 17.5 Å². The maximum absolute atomic E-state index is 11.4. The number of hydrogen-bond acceptors (Lipinski definition) is 5. The van der Waals surface area contributed by atoms with Gasteiger partial charge in [0.15, 0.2) is 0 Å². The number of pyridine rings is 1. The van der Waals surface area contributed by atoms with E-state index in [1.54, 1.807) is 12.4 Å². The second-order valence-electron chi connectivity index (χ2n) is 3.50. The Balaban J connectivity index is 2.42. The van der Waals surface area contributed by atoms with Crippen LogP contribution in [0.2, 0.25) is 0 Å². The van der Waals surface area contributed by atoms with E-state index >= 15 is 0 Å². The number of carbonyl (C=O) groups is 2. The van der Waals surface area contributed by atoms with E-state index in [1.165, 1.54) is 6.92 Å². The molecule has 0 aromatic carbocycles. The first-order chi connectivity index (χ1) is 8.11.